The third-order valence-electron chi connectivity index (χ3n) is 4.11. The summed E-state index contributed by atoms with van der Waals surface area (Å²) < 4.78 is 27.0. The van der Waals surface area contributed by atoms with Gasteiger partial charge in [0.15, 0.2) is 0 Å². The second kappa shape index (κ2) is 7.75. The Bertz CT molecular complexity index is 954. The van der Waals surface area contributed by atoms with E-state index < -0.39 is 32.6 Å². The van der Waals surface area contributed by atoms with Gasteiger partial charge in [-0.05, 0) is 36.6 Å². The summed E-state index contributed by atoms with van der Waals surface area (Å²) >= 11 is 0. The predicted octanol–water partition coefficient (Wildman–Crippen LogP) is 3.39. The van der Waals surface area contributed by atoms with Crippen molar-refractivity contribution in [3.63, 3.8) is 0 Å². The zero-order chi connectivity index (χ0) is 20.4. The Morgan fingerprint density at radius 2 is 1.70 bits per heavy atom. The van der Waals surface area contributed by atoms with Gasteiger partial charge >= 0.3 is 5.97 Å². The molecule has 0 spiro atoms. The van der Waals surface area contributed by atoms with Crippen molar-refractivity contribution in [1.29, 1.82) is 0 Å². The molecule has 0 saturated carbocycles. The molecule has 1 unspecified atom stereocenters. The molecule has 0 heterocycles. The number of nitro groups is 1. The maximum Gasteiger partial charge on any atom is 0.327 e. The van der Waals surface area contributed by atoms with Crippen LogP contribution >= 0.6 is 0 Å². The molecule has 2 aromatic carbocycles. The minimum Gasteiger partial charge on any atom is -0.480 e. The Hall–Kier alpha value is -2.94. The summed E-state index contributed by atoms with van der Waals surface area (Å²) in [7, 11) is -4.34. The maximum atomic E-state index is 13.1. The molecule has 8 nitrogen and oxygen atoms in total. The summed E-state index contributed by atoms with van der Waals surface area (Å²) in [4.78, 5) is 21.4. The highest BCUT2D eigenvalue weighted by atomic mass is 32.2. The second-order valence-electron chi connectivity index (χ2n) is 6.32. The molecule has 144 valence electrons. The van der Waals surface area contributed by atoms with Crippen molar-refractivity contribution in [1.82, 2.24) is 0 Å². The molecule has 2 rings (SSSR count). The van der Waals surface area contributed by atoms with Crippen LogP contribution in [0.3, 0.4) is 0 Å². The Kier molecular flexibility index (Phi) is 5.85. The number of hydrogen-bond donors (Lipinski definition) is 1. The zero-order valence-corrected chi connectivity index (χ0v) is 15.9. The number of hydrogen-bond acceptors (Lipinski definition) is 5. The number of anilines is 1. The number of carbonyl (C=O) groups is 1. The largest absolute Gasteiger partial charge is 0.480 e. The molecule has 0 fully saturated rings. The van der Waals surface area contributed by atoms with E-state index in [9.17, 15) is 28.4 Å². The molecular weight excluding hydrogens is 372 g/mol. The summed E-state index contributed by atoms with van der Waals surface area (Å²) in [6.07, 6.45) is 0. The number of carboxylic acids is 1. The highest BCUT2D eigenvalue weighted by molar-refractivity contribution is 7.93. The van der Waals surface area contributed by atoms with Gasteiger partial charge in [0.25, 0.3) is 15.7 Å². The lowest BCUT2D eigenvalue weighted by molar-refractivity contribution is -0.385. The maximum absolute atomic E-state index is 13.1. The van der Waals surface area contributed by atoms with Crippen LogP contribution in [-0.4, -0.2) is 30.5 Å². The molecule has 0 radical (unpaired) electrons. The summed E-state index contributed by atoms with van der Waals surface area (Å²) in [5.41, 5.74) is 0.740. The van der Waals surface area contributed by atoms with E-state index in [0.29, 0.717) is 0 Å². The van der Waals surface area contributed by atoms with Gasteiger partial charge < -0.3 is 5.11 Å². The lowest BCUT2D eigenvalue weighted by Gasteiger charge is -2.28. The van der Waals surface area contributed by atoms with Gasteiger partial charge in [-0.15, -0.1) is 0 Å². The number of carboxylic acid groups (broad SMARTS) is 1. The number of sulfonamides is 1. The van der Waals surface area contributed by atoms with Crippen molar-refractivity contribution >= 4 is 27.4 Å². The zero-order valence-electron chi connectivity index (χ0n) is 15.1. The Labute approximate surface area is 157 Å². The van der Waals surface area contributed by atoms with Crippen LogP contribution in [0.25, 0.3) is 0 Å². The van der Waals surface area contributed by atoms with Gasteiger partial charge in [-0.2, -0.15) is 0 Å². The van der Waals surface area contributed by atoms with Crippen LogP contribution in [0.2, 0.25) is 0 Å². The fraction of sp³-hybridized carbons (Fsp3) is 0.278. The van der Waals surface area contributed by atoms with Crippen molar-refractivity contribution in [3.8, 4) is 0 Å². The second-order valence-corrected chi connectivity index (χ2v) is 8.13. The fourth-order valence-electron chi connectivity index (χ4n) is 2.55. The summed E-state index contributed by atoms with van der Waals surface area (Å²) in [6, 6.07) is 9.64. The monoisotopic (exact) mass is 392 g/mol. The lowest BCUT2D eigenvalue weighted by Crippen LogP contribution is -2.43. The number of aliphatic carboxylic acids is 1. The molecule has 0 aliphatic rings. The molecule has 0 aromatic heterocycles. The smallest absolute Gasteiger partial charge is 0.327 e. The van der Waals surface area contributed by atoms with Crippen LogP contribution in [-0.2, 0) is 14.8 Å². The van der Waals surface area contributed by atoms with Crippen LogP contribution in [0.5, 0.6) is 0 Å². The Morgan fingerprint density at radius 3 is 2.19 bits per heavy atom. The molecule has 1 N–H and O–H groups in total. The van der Waals surface area contributed by atoms with E-state index >= 15 is 0 Å². The molecule has 1 atom stereocenters. The molecule has 0 aliphatic heterocycles. The molecule has 2 aromatic rings. The van der Waals surface area contributed by atoms with Gasteiger partial charge in [0.05, 0.1) is 15.5 Å². The SMILES string of the molecule is CC(C)c1ccc(N(C(C)C(=O)O)S(=O)(=O)c2cccc([N+](=O)[O-])c2)cc1. The van der Waals surface area contributed by atoms with Crippen LogP contribution in [0, 0.1) is 10.1 Å². The van der Waals surface area contributed by atoms with Crippen LogP contribution < -0.4 is 4.31 Å². The van der Waals surface area contributed by atoms with Crippen molar-refractivity contribution in [3.05, 3.63) is 64.2 Å². The highest BCUT2D eigenvalue weighted by Gasteiger charge is 2.34. The molecule has 0 amide bonds. The van der Waals surface area contributed by atoms with Crippen molar-refractivity contribution in [2.24, 2.45) is 0 Å². The van der Waals surface area contributed by atoms with Gasteiger partial charge in [-0.25, -0.2) is 13.2 Å². The standard InChI is InChI=1S/C18H20N2O6S/c1-12(2)14-7-9-15(10-8-14)19(13(3)18(21)22)27(25,26)17-6-4-5-16(11-17)20(23)24/h4-13H,1-3H3,(H,21,22). The van der Waals surface area contributed by atoms with Crippen molar-refractivity contribution in [2.75, 3.05) is 4.31 Å². The van der Waals surface area contributed by atoms with Crippen LogP contribution in [0.15, 0.2) is 53.4 Å². The average molecular weight is 392 g/mol. The van der Waals surface area contributed by atoms with Gasteiger partial charge in [-0.1, -0.05) is 32.0 Å². The van der Waals surface area contributed by atoms with E-state index in [1.165, 1.54) is 37.3 Å². The van der Waals surface area contributed by atoms with E-state index in [4.69, 9.17) is 0 Å². The van der Waals surface area contributed by atoms with Gasteiger partial charge in [0.1, 0.15) is 6.04 Å². The first-order valence-corrected chi connectivity index (χ1v) is 9.61. The minimum absolute atomic E-state index is 0.167. The lowest BCUT2D eigenvalue weighted by atomic mass is 10.0. The predicted molar refractivity (Wildman–Crippen MR) is 100 cm³/mol. The topological polar surface area (TPSA) is 118 Å². The number of benzene rings is 2. The summed E-state index contributed by atoms with van der Waals surface area (Å²) in [5, 5.41) is 20.4. The van der Waals surface area contributed by atoms with Gasteiger partial charge in [-0.3, -0.25) is 14.4 Å². The summed E-state index contributed by atoms with van der Waals surface area (Å²) in [6.45, 7) is 5.20. The van der Waals surface area contributed by atoms with E-state index in [0.717, 1.165) is 15.9 Å². The van der Waals surface area contributed by atoms with Gasteiger partial charge in [0.2, 0.25) is 0 Å². The molecule has 9 heteroatoms. The van der Waals surface area contributed by atoms with E-state index in [2.05, 4.69) is 0 Å². The third kappa shape index (κ3) is 4.25. The van der Waals surface area contributed by atoms with Crippen LogP contribution in [0.1, 0.15) is 32.3 Å². The minimum atomic E-state index is -4.34. The van der Waals surface area contributed by atoms with Crippen molar-refractivity contribution in [2.45, 2.75) is 37.6 Å². The number of nitro benzene ring substituents is 1. The molecule has 0 aliphatic carbocycles. The van der Waals surface area contributed by atoms with Crippen molar-refractivity contribution < 1.29 is 23.2 Å². The normalized spacial score (nSPS) is 12.6. The molecule has 27 heavy (non-hydrogen) atoms. The number of rotatable bonds is 7. The summed E-state index contributed by atoms with van der Waals surface area (Å²) in [5.74, 6) is -1.12. The Morgan fingerprint density at radius 1 is 1.11 bits per heavy atom. The van der Waals surface area contributed by atoms with Gasteiger partial charge in [0, 0.05) is 12.1 Å². The van der Waals surface area contributed by atoms with E-state index in [-0.39, 0.29) is 16.5 Å². The number of nitrogens with zero attached hydrogens (tertiary/aromatic N) is 2. The quantitative estimate of drug-likeness (QED) is 0.570. The van der Waals surface area contributed by atoms with E-state index in [1.54, 1.807) is 12.1 Å². The van der Waals surface area contributed by atoms with Crippen LogP contribution in [0.4, 0.5) is 11.4 Å². The first-order chi connectivity index (χ1) is 12.6. The Balaban J connectivity index is 2.61. The number of non-ortho nitro benzene ring substituents is 1. The van der Waals surface area contributed by atoms with E-state index in [1.807, 2.05) is 13.8 Å². The third-order valence-corrected chi connectivity index (χ3v) is 6.00. The first-order valence-electron chi connectivity index (χ1n) is 8.17. The molecule has 0 saturated heterocycles. The molecular formula is C18H20N2O6S. The first kappa shape index (κ1) is 20.4. The fourth-order valence-corrected chi connectivity index (χ4v) is 4.20. The molecule has 0 bridgehead atoms. The average Bonchev–Trinajstić information content (AvgIpc) is 2.62. The highest BCUT2D eigenvalue weighted by Crippen LogP contribution is 2.29.